The Labute approximate surface area is 119 Å². The minimum Gasteiger partial charge on any atom is -0.309 e. The number of carbonyl (C=O) groups is 1. The van der Waals surface area contributed by atoms with Crippen LogP contribution in [0.15, 0.2) is 12.4 Å². The third-order valence-corrected chi connectivity index (χ3v) is 5.08. The molecule has 4 rings (SSSR count). The first-order chi connectivity index (χ1) is 9.81. The lowest BCUT2D eigenvalue weighted by molar-refractivity contribution is -0.117. The van der Waals surface area contributed by atoms with E-state index in [4.69, 9.17) is 0 Å². The first-order valence-electron chi connectivity index (χ1n) is 7.90. The Bertz CT molecular complexity index is 500. The van der Waals surface area contributed by atoms with Crippen LogP contribution < -0.4 is 4.90 Å². The van der Waals surface area contributed by atoms with Crippen LogP contribution in [0.3, 0.4) is 0 Å². The van der Waals surface area contributed by atoms with E-state index in [0.29, 0.717) is 12.5 Å². The van der Waals surface area contributed by atoms with Gasteiger partial charge in [-0.2, -0.15) is 5.10 Å². The molecule has 3 heterocycles. The van der Waals surface area contributed by atoms with E-state index >= 15 is 0 Å². The molecule has 3 fully saturated rings. The molecule has 20 heavy (non-hydrogen) atoms. The zero-order valence-corrected chi connectivity index (χ0v) is 11.9. The molecule has 0 radical (unpaired) electrons. The summed E-state index contributed by atoms with van der Waals surface area (Å²) in [7, 11) is 0. The van der Waals surface area contributed by atoms with Crippen molar-refractivity contribution in [3.05, 3.63) is 12.4 Å². The lowest BCUT2D eigenvalue weighted by Gasteiger charge is -2.43. The fourth-order valence-electron chi connectivity index (χ4n) is 3.81. The van der Waals surface area contributed by atoms with Gasteiger partial charge in [0.2, 0.25) is 5.91 Å². The monoisotopic (exact) mass is 274 g/mol. The van der Waals surface area contributed by atoms with Gasteiger partial charge < -0.3 is 4.90 Å². The average molecular weight is 274 g/mol. The summed E-state index contributed by atoms with van der Waals surface area (Å²) in [6, 6.07) is 1.32. The van der Waals surface area contributed by atoms with Gasteiger partial charge in [-0.3, -0.25) is 14.4 Å². The molecule has 0 unspecified atom stereocenters. The highest BCUT2D eigenvalue weighted by atomic mass is 16.2. The lowest BCUT2D eigenvalue weighted by atomic mass is 10.0. The molecular weight excluding hydrogens is 252 g/mol. The molecule has 1 aromatic heterocycles. The second-order valence-electron chi connectivity index (χ2n) is 6.37. The molecule has 1 aromatic rings. The SMILES string of the molecule is O=C1CCCN1c1cnn(C2CN(C3CCCC3)C2)c1. The van der Waals surface area contributed by atoms with Gasteiger partial charge in [-0.05, 0) is 19.3 Å². The molecule has 0 bridgehead atoms. The van der Waals surface area contributed by atoms with Gasteiger partial charge >= 0.3 is 0 Å². The van der Waals surface area contributed by atoms with E-state index in [-0.39, 0.29) is 5.91 Å². The summed E-state index contributed by atoms with van der Waals surface area (Å²) in [6.45, 7) is 3.10. The number of nitrogens with zero attached hydrogens (tertiary/aromatic N) is 4. The van der Waals surface area contributed by atoms with Crippen LogP contribution in [-0.2, 0) is 4.79 Å². The standard InChI is InChI=1S/C15H22N4O/c20-15-6-3-7-18(15)13-8-16-19(11-13)14-9-17(10-14)12-4-1-2-5-12/h8,11-12,14H,1-7,9-10H2. The summed E-state index contributed by atoms with van der Waals surface area (Å²) in [5.74, 6) is 0.241. The Balaban J connectivity index is 1.38. The molecule has 1 aliphatic carbocycles. The maximum Gasteiger partial charge on any atom is 0.227 e. The topological polar surface area (TPSA) is 41.4 Å². The van der Waals surface area contributed by atoms with Crippen molar-refractivity contribution in [3.8, 4) is 0 Å². The van der Waals surface area contributed by atoms with Crippen molar-refractivity contribution < 1.29 is 4.79 Å². The van der Waals surface area contributed by atoms with Gasteiger partial charge in [0.15, 0.2) is 0 Å². The van der Waals surface area contributed by atoms with E-state index < -0.39 is 0 Å². The fourth-order valence-corrected chi connectivity index (χ4v) is 3.81. The summed E-state index contributed by atoms with van der Waals surface area (Å²) >= 11 is 0. The quantitative estimate of drug-likeness (QED) is 0.844. The number of carbonyl (C=O) groups excluding carboxylic acids is 1. The molecule has 0 N–H and O–H groups in total. The number of amides is 1. The minimum absolute atomic E-state index is 0.241. The fraction of sp³-hybridized carbons (Fsp3) is 0.733. The normalized spacial score (nSPS) is 25.6. The van der Waals surface area contributed by atoms with Crippen LogP contribution in [0.5, 0.6) is 0 Å². The Hall–Kier alpha value is -1.36. The van der Waals surface area contributed by atoms with Gasteiger partial charge in [-0.1, -0.05) is 12.8 Å². The number of rotatable bonds is 3. The van der Waals surface area contributed by atoms with Gasteiger partial charge in [-0.15, -0.1) is 0 Å². The number of anilines is 1. The Morgan fingerprint density at radius 3 is 2.60 bits per heavy atom. The second kappa shape index (κ2) is 4.88. The van der Waals surface area contributed by atoms with E-state index in [2.05, 4.69) is 20.9 Å². The van der Waals surface area contributed by atoms with Crippen LogP contribution in [0.1, 0.15) is 44.6 Å². The molecule has 5 heteroatoms. The molecule has 1 saturated carbocycles. The maximum atomic E-state index is 11.7. The van der Waals surface area contributed by atoms with Crippen molar-refractivity contribution >= 4 is 11.6 Å². The van der Waals surface area contributed by atoms with Gasteiger partial charge in [0, 0.05) is 38.3 Å². The van der Waals surface area contributed by atoms with Gasteiger partial charge in [0.1, 0.15) is 0 Å². The van der Waals surface area contributed by atoms with Crippen molar-refractivity contribution in [2.75, 3.05) is 24.5 Å². The highest BCUT2D eigenvalue weighted by Gasteiger charge is 2.35. The molecule has 0 atom stereocenters. The first kappa shape index (κ1) is 12.4. The summed E-state index contributed by atoms with van der Waals surface area (Å²) in [4.78, 5) is 16.2. The molecule has 2 saturated heterocycles. The predicted octanol–water partition coefficient (Wildman–Crippen LogP) is 1.81. The van der Waals surface area contributed by atoms with Crippen molar-refractivity contribution in [2.45, 2.75) is 50.6 Å². The highest BCUT2D eigenvalue weighted by molar-refractivity contribution is 5.95. The van der Waals surface area contributed by atoms with E-state index in [1.54, 1.807) is 0 Å². The molecule has 3 aliphatic rings. The molecule has 0 spiro atoms. The van der Waals surface area contributed by atoms with E-state index in [9.17, 15) is 4.79 Å². The summed E-state index contributed by atoms with van der Waals surface area (Å²) in [6.07, 6.45) is 11.1. The van der Waals surface area contributed by atoms with Gasteiger partial charge in [0.25, 0.3) is 0 Å². The average Bonchev–Trinajstić information content (AvgIpc) is 3.07. The Morgan fingerprint density at radius 1 is 1.10 bits per heavy atom. The Kier molecular flexibility index (Phi) is 3.02. The van der Waals surface area contributed by atoms with Crippen molar-refractivity contribution in [1.29, 1.82) is 0 Å². The molecular formula is C15H22N4O. The van der Waals surface area contributed by atoms with Crippen LogP contribution in [-0.4, -0.2) is 46.3 Å². The number of hydrogen-bond acceptors (Lipinski definition) is 3. The van der Waals surface area contributed by atoms with Crippen molar-refractivity contribution in [2.24, 2.45) is 0 Å². The zero-order chi connectivity index (χ0) is 13.5. The molecule has 5 nitrogen and oxygen atoms in total. The van der Waals surface area contributed by atoms with E-state index in [0.717, 1.165) is 37.8 Å². The summed E-state index contributed by atoms with van der Waals surface area (Å²) < 4.78 is 2.06. The third kappa shape index (κ3) is 2.04. The van der Waals surface area contributed by atoms with Crippen LogP contribution >= 0.6 is 0 Å². The highest BCUT2D eigenvalue weighted by Crippen LogP contribution is 2.32. The van der Waals surface area contributed by atoms with Crippen molar-refractivity contribution in [3.63, 3.8) is 0 Å². The summed E-state index contributed by atoms with van der Waals surface area (Å²) in [5, 5.41) is 4.47. The Morgan fingerprint density at radius 2 is 1.90 bits per heavy atom. The first-order valence-corrected chi connectivity index (χ1v) is 7.90. The van der Waals surface area contributed by atoms with Crippen LogP contribution in [0.4, 0.5) is 5.69 Å². The van der Waals surface area contributed by atoms with Crippen LogP contribution in [0.25, 0.3) is 0 Å². The van der Waals surface area contributed by atoms with E-state index in [1.807, 2.05) is 11.1 Å². The van der Waals surface area contributed by atoms with E-state index in [1.165, 1.54) is 25.7 Å². The van der Waals surface area contributed by atoms with Crippen molar-refractivity contribution in [1.82, 2.24) is 14.7 Å². The predicted molar refractivity (Wildman–Crippen MR) is 76.7 cm³/mol. The zero-order valence-electron chi connectivity index (χ0n) is 11.9. The third-order valence-electron chi connectivity index (χ3n) is 5.08. The smallest absolute Gasteiger partial charge is 0.227 e. The van der Waals surface area contributed by atoms with Crippen LogP contribution in [0, 0.1) is 0 Å². The van der Waals surface area contributed by atoms with Gasteiger partial charge in [0.05, 0.1) is 17.9 Å². The molecule has 0 aromatic carbocycles. The number of likely N-dealkylation sites (tertiary alicyclic amines) is 1. The maximum absolute atomic E-state index is 11.7. The van der Waals surface area contributed by atoms with Crippen LogP contribution in [0.2, 0.25) is 0 Å². The summed E-state index contributed by atoms with van der Waals surface area (Å²) in [5.41, 5.74) is 0.979. The second-order valence-corrected chi connectivity index (χ2v) is 6.37. The molecule has 108 valence electrons. The number of hydrogen-bond donors (Lipinski definition) is 0. The molecule has 1 amide bonds. The molecule has 2 aliphatic heterocycles. The number of aromatic nitrogens is 2. The largest absolute Gasteiger partial charge is 0.309 e. The van der Waals surface area contributed by atoms with Gasteiger partial charge in [-0.25, -0.2) is 0 Å². The lowest BCUT2D eigenvalue weighted by Crippen LogP contribution is -2.52. The minimum atomic E-state index is 0.241.